The molecule has 0 radical (unpaired) electrons. The van der Waals surface area contributed by atoms with Crippen molar-refractivity contribution in [2.75, 3.05) is 42.3 Å². The van der Waals surface area contributed by atoms with Gasteiger partial charge in [-0.3, -0.25) is 4.90 Å². The Bertz CT molecular complexity index is 1230. The topological polar surface area (TPSA) is 123 Å². The molecule has 5 rings (SSSR count). The molecule has 1 aromatic carbocycles. The minimum absolute atomic E-state index is 0.0519. The molecule has 166 valence electrons. The number of nitrogen functional groups attached to an aromatic ring is 1. The van der Waals surface area contributed by atoms with Crippen molar-refractivity contribution in [3.63, 3.8) is 0 Å². The number of carboxylic acid groups (broad SMARTS) is 1. The first-order valence-electron chi connectivity index (χ1n) is 10.3. The fraction of sp³-hybridized carbons (Fsp3) is 0.318. The van der Waals surface area contributed by atoms with E-state index in [0.717, 1.165) is 11.3 Å². The van der Waals surface area contributed by atoms with Crippen LogP contribution < -0.4 is 20.7 Å². The quantitative estimate of drug-likeness (QED) is 0.531. The number of nitrogens with zero attached hydrogens (tertiary/aromatic N) is 3. The average molecular weight is 439 g/mol. The number of benzene rings is 1. The number of aromatic nitrogens is 2. The zero-order valence-corrected chi connectivity index (χ0v) is 17.4. The Morgan fingerprint density at radius 2 is 2.12 bits per heavy atom. The van der Waals surface area contributed by atoms with Crippen LogP contribution in [0.5, 0.6) is 5.88 Å². The lowest BCUT2D eigenvalue weighted by Gasteiger charge is -2.24. The molecule has 0 aliphatic carbocycles. The molecule has 10 heteroatoms. The Hall–Kier alpha value is -3.66. The highest BCUT2D eigenvalue weighted by molar-refractivity contribution is 5.99. The molecule has 0 spiro atoms. The van der Waals surface area contributed by atoms with Gasteiger partial charge < -0.3 is 25.6 Å². The van der Waals surface area contributed by atoms with Crippen LogP contribution in [0.15, 0.2) is 24.5 Å². The third-order valence-corrected chi connectivity index (χ3v) is 5.94. The smallest absolute Gasteiger partial charge is 0.413 e. The number of ether oxygens (including phenoxy) is 2. The van der Waals surface area contributed by atoms with E-state index in [2.05, 4.69) is 15.3 Å². The van der Waals surface area contributed by atoms with E-state index < -0.39 is 11.9 Å². The van der Waals surface area contributed by atoms with E-state index in [9.17, 15) is 9.90 Å². The van der Waals surface area contributed by atoms with Crippen LogP contribution in [0.25, 0.3) is 21.9 Å². The number of carbonyl (C=O) groups is 1. The summed E-state index contributed by atoms with van der Waals surface area (Å²) in [7, 11) is 0. The Labute approximate surface area is 183 Å². The van der Waals surface area contributed by atoms with E-state index >= 15 is 4.39 Å². The van der Waals surface area contributed by atoms with E-state index in [-0.39, 0.29) is 23.1 Å². The average Bonchev–Trinajstić information content (AvgIpc) is 3.31. The first-order valence-corrected chi connectivity index (χ1v) is 10.3. The second-order valence-corrected chi connectivity index (χ2v) is 7.84. The number of amides is 1. The molecule has 1 atom stereocenters. The monoisotopic (exact) mass is 439 g/mol. The largest absolute Gasteiger partial charge is 0.474 e. The van der Waals surface area contributed by atoms with Crippen LogP contribution in [0, 0.1) is 12.7 Å². The standard InChI is InChI=1S/C22H22FN5O4/c1-11-15(8-27-21-20(11)25-3-5-32-21)14-6-12-7-17(26-9-16(12)19(24)18(14)23)28(22(29)30)13-2-4-31-10-13/h6-9,13,25H,2-5,10,24H2,1H3,(H,29,30)/t13-/m0/s1. The van der Waals surface area contributed by atoms with E-state index in [1.807, 2.05) is 6.92 Å². The van der Waals surface area contributed by atoms with E-state index in [4.69, 9.17) is 15.2 Å². The molecule has 4 N–H and O–H groups in total. The zero-order chi connectivity index (χ0) is 22.4. The van der Waals surface area contributed by atoms with Gasteiger partial charge >= 0.3 is 6.09 Å². The summed E-state index contributed by atoms with van der Waals surface area (Å²) in [6.45, 7) is 3.80. The predicted octanol–water partition coefficient (Wildman–Crippen LogP) is 3.40. The van der Waals surface area contributed by atoms with Crippen LogP contribution in [-0.4, -0.2) is 53.6 Å². The van der Waals surface area contributed by atoms with Crippen molar-refractivity contribution in [1.82, 2.24) is 9.97 Å². The van der Waals surface area contributed by atoms with Gasteiger partial charge in [0.2, 0.25) is 5.88 Å². The van der Waals surface area contributed by atoms with Gasteiger partial charge in [0.1, 0.15) is 18.1 Å². The maximum Gasteiger partial charge on any atom is 0.413 e. The highest BCUT2D eigenvalue weighted by Crippen LogP contribution is 2.40. The fourth-order valence-corrected chi connectivity index (χ4v) is 4.27. The summed E-state index contributed by atoms with van der Waals surface area (Å²) in [6.07, 6.45) is 2.43. The number of nitrogens with one attached hydrogen (secondary N) is 1. The summed E-state index contributed by atoms with van der Waals surface area (Å²) in [5.41, 5.74) is 8.44. The van der Waals surface area contributed by atoms with Crippen molar-refractivity contribution < 1.29 is 23.8 Å². The van der Waals surface area contributed by atoms with Crippen LogP contribution >= 0.6 is 0 Å². The maximum atomic E-state index is 15.3. The summed E-state index contributed by atoms with van der Waals surface area (Å²) >= 11 is 0. The van der Waals surface area contributed by atoms with Crippen molar-refractivity contribution in [3.8, 4) is 17.0 Å². The van der Waals surface area contributed by atoms with Gasteiger partial charge in [-0.05, 0) is 36.4 Å². The summed E-state index contributed by atoms with van der Waals surface area (Å²) in [6, 6.07) is 2.94. The Morgan fingerprint density at radius 3 is 2.88 bits per heavy atom. The molecule has 1 amide bonds. The molecule has 2 aliphatic rings. The Morgan fingerprint density at radius 1 is 1.28 bits per heavy atom. The minimum Gasteiger partial charge on any atom is -0.474 e. The molecule has 1 saturated heterocycles. The third-order valence-electron chi connectivity index (χ3n) is 5.94. The number of fused-ring (bicyclic) bond motifs is 2. The number of pyridine rings is 2. The third kappa shape index (κ3) is 3.23. The van der Waals surface area contributed by atoms with Crippen molar-refractivity contribution in [2.45, 2.75) is 19.4 Å². The van der Waals surface area contributed by atoms with E-state index in [1.54, 1.807) is 18.3 Å². The van der Waals surface area contributed by atoms with Gasteiger partial charge in [-0.1, -0.05) is 0 Å². The second-order valence-electron chi connectivity index (χ2n) is 7.84. The molecule has 2 aliphatic heterocycles. The lowest BCUT2D eigenvalue weighted by molar-refractivity contribution is 0.183. The molecule has 3 aromatic rings. The molecule has 1 fully saturated rings. The van der Waals surface area contributed by atoms with Crippen LogP contribution in [-0.2, 0) is 4.74 Å². The van der Waals surface area contributed by atoms with Gasteiger partial charge in [0.15, 0.2) is 5.82 Å². The van der Waals surface area contributed by atoms with Gasteiger partial charge in [-0.25, -0.2) is 19.2 Å². The maximum absolute atomic E-state index is 15.3. The zero-order valence-electron chi connectivity index (χ0n) is 17.4. The lowest BCUT2D eigenvalue weighted by atomic mass is 9.97. The Kier molecular flexibility index (Phi) is 4.93. The lowest BCUT2D eigenvalue weighted by Crippen LogP contribution is -2.40. The summed E-state index contributed by atoms with van der Waals surface area (Å²) in [5, 5.41) is 14.0. The highest BCUT2D eigenvalue weighted by atomic mass is 19.1. The van der Waals surface area contributed by atoms with Crippen molar-refractivity contribution in [3.05, 3.63) is 35.9 Å². The molecule has 0 saturated carbocycles. The number of hydrogen-bond donors (Lipinski definition) is 3. The summed E-state index contributed by atoms with van der Waals surface area (Å²) in [5.74, 6) is 0.148. The van der Waals surface area contributed by atoms with Crippen molar-refractivity contribution >= 4 is 34.1 Å². The first kappa shape index (κ1) is 20.3. The molecular weight excluding hydrogens is 417 g/mol. The van der Waals surface area contributed by atoms with Gasteiger partial charge in [0.25, 0.3) is 0 Å². The van der Waals surface area contributed by atoms with Crippen LogP contribution in [0.1, 0.15) is 12.0 Å². The van der Waals surface area contributed by atoms with Crippen LogP contribution in [0.3, 0.4) is 0 Å². The predicted molar refractivity (Wildman–Crippen MR) is 118 cm³/mol. The van der Waals surface area contributed by atoms with Gasteiger partial charge in [-0.15, -0.1) is 0 Å². The Balaban J connectivity index is 1.65. The van der Waals surface area contributed by atoms with Crippen molar-refractivity contribution in [1.29, 1.82) is 0 Å². The fourth-order valence-electron chi connectivity index (χ4n) is 4.27. The summed E-state index contributed by atoms with van der Waals surface area (Å²) < 4.78 is 26.2. The van der Waals surface area contributed by atoms with Crippen LogP contribution in [0.4, 0.5) is 26.4 Å². The SMILES string of the molecule is Cc1c(-c2cc3cc(N(C(=O)O)[C@H]4CCOC4)ncc3c(N)c2F)cnc2c1NCCO2. The summed E-state index contributed by atoms with van der Waals surface area (Å²) in [4.78, 5) is 21.7. The number of halogens is 1. The molecule has 9 nitrogen and oxygen atoms in total. The molecule has 4 heterocycles. The molecule has 2 aromatic heterocycles. The number of hydrogen-bond acceptors (Lipinski definition) is 7. The van der Waals surface area contributed by atoms with Gasteiger partial charge in [0, 0.05) is 42.1 Å². The molecule has 0 unspecified atom stereocenters. The molecule has 0 bridgehead atoms. The molecule has 32 heavy (non-hydrogen) atoms. The van der Waals surface area contributed by atoms with Crippen molar-refractivity contribution in [2.24, 2.45) is 0 Å². The van der Waals surface area contributed by atoms with Gasteiger partial charge in [-0.2, -0.15) is 0 Å². The normalized spacial score (nSPS) is 17.5. The number of rotatable bonds is 3. The second kappa shape index (κ2) is 7.79. The highest BCUT2D eigenvalue weighted by Gasteiger charge is 2.30. The van der Waals surface area contributed by atoms with Gasteiger partial charge in [0.05, 0.1) is 18.3 Å². The number of nitrogens with two attached hydrogens (primary N) is 1. The van der Waals surface area contributed by atoms with E-state index in [1.165, 1.54) is 11.1 Å². The van der Waals surface area contributed by atoms with E-state index in [0.29, 0.717) is 55.0 Å². The first-order chi connectivity index (χ1) is 15.5. The molecular formula is C22H22FN5O4. The minimum atomic E-state index is -1.12. The number of anilines is 3. The van der Waals surface area contributed by atoms with Crippen LogP contribution in [0.2, 0.25) is 0 Å².